The minimum absolute atomic E-state index is 0.369. The van der Waals surface area contributed by atoms with Crippen LogP contribution in [0, 0.1) is 0 Å². The molecule has 2 amide bonds. The molecule has 6 nitrogen and oxygen atoms in total. The second-order valence-corrected chi connectivity index (χ2v) is 10.3. The molecule has 36 heavy (non-hydrogen) atoms. The average molecular weight is 495 g/mol. The summed E-state index contributed by atoms with van der Waals surface area (Å²) >= 11 is 1.70. The minimum atomic E-state index is -0.400. The highest BCUT2D eigenvalue weighted by Gasteiger charge is 2.28. The van der Waals surface area contributed by atoms with Crippen molar-refractivity contribution in [2.45, 2.75) is 0 Å². The number of carbonyl (C=O) groups is 2. The minimum Gasteiger partial charge on any atom is -0.369 e. The molecule has 0 aliphatic carbocycles. The number of anilines is 2. The van der Waals surface area contributed by atoms with Gasteiger partial charge < -0.3 is 15.1 Å². The van der Waals surface area contributed by atoms with E-state index in [1.54, 1.807) is 23.6 Å². The summed E-state index contributed by atoms with van der Waals surface area (Å²) in [7, 11) is 2.15. The lowest BCUT2D eigenvalue weighted by atomic mass is 9.93. The Hall–Kier alpha value is -3.94. The maximum absolute atomic E-state index is 12.8. The summed E-state index contributed by atoms with van der Waals surface area (Å²) in [6.45, 7) is 4.15. The number of carbonyl (C=O) groups excluding carboxylic acids is 2. The number of thiophene rings is 1. The van der Waals surface area contributed by atoms with Gasteiger partial charge in [-0.1, -0.05) is 24.3 Å². The molecule has 1 aromatic heterocycles. The van der Waals surface area contributed by atoms with E-state index in [1.807, 2.05) is 36.4 Å². The highest BCUT2D eigenvalue weighted by atomic mass is 32.1. The van der Waals surface area contributed by atoms with E-state index < -0.39 is 5.91 Å². The smallest absolute Gasteiger partial charge is 0.260 e. The topological polar surface area (TPSA) is 64.7 Å². The third-order valence-corrected chi connectivity index (χ3v) is 8.02. The predicted octanol–water partition coefficient (Wildman–Crippen LogP) is 5.04. The molecule has 4 aromatic rings. The number of piperazine rings is 1. The molecular weight excluding hydrogens is 468 g/mol. The summed E-state index contributed by atoms with van der Waals surface area (Å²) in [5.74, 6) is -0.769. The fourth-order valence-electron chi connectivity index (χ4n) is 4.73. The van der Waals surface area contributed by atoms with E-state index in [0.29, 0.717) is 16.7 Å². The summed E-state index contributed by atoms with van der Waals surface area (Å²) in [5, 5.41) is 6.91. The number of benzene rings is 3. The fourth-order valence-corrected chi connectivity index (χ4v) is 5.79. The first kappa shape index (κ1) is 22.5. The van der Waals surface area contributed by atoms with Gasteiger partial charge in [0.05, 0.1) is 5.57 Å². The summed E-state index contributed by atoms with van der Waals surface area (Å²) in [6.07, 6.45) is 1.69. The second kappa shape index (κ2) is 9.26. The number of hydrogen-bond donors (Lipinski definition) is 2. The Kier molecular flexibility index (Phi) is 5.79. The van der Waals surface area contributed by atoms with Gasteiger partial charge in [0, 0.05) is 64.5 Å². The Morgan fingerprint density at radius 3 is 2.42 bits per heavy atom. The van der Waals surface area contributed by atoms with Crippen molar-refractivity contribution in [3.05, 3.63) is 90.1 Å². The highest BCUT2D eigenvalue weighted by molar-refractivity contribution is 7.22. The van der Waals surface area contributed by atoms with Gasteiger partial charge in [-0.2, -0.15) is 0 Å². The van der Waals surface area contributed by atoms with E-state index in [1.165, 1.54) is 15.8 Å². The summed E-state index contributed by atoms with van der Waals surface area (Å²) in [4.78, 5) is 31.2. The van der Waals surface area contributed by atoms with Crippen molar-refractivity contribution in [3.63, 3.8) is 0 Å². The third-order valence-electron chi connectivity index (χ3n) is 6.85. The molecule has 180 valence electrons. The maximum Gasteiger partial charge on any atom is 0.260 e. The van der Waals surface area contributed by atoms with Gasteiger partial charge in [0.1, 0.15) is 0 Å². The van der Waals surface area contributed by atoms with E-state index in [2.05, 4.69) is 57.8 Å². The molecule has 0 atom stereocenters. The van der Waals surface area contributed by atoms with Crippen molar-refractivity contribution in [2.24, 2.45) is 0 Å². The SMILES string of the molecule is CN1CCN(c2ccc(N/C=C3\C(=O)NC(=O)c4ccc(-c5cc6ccccc6s5)cc43)cc2)CC1. The van der Waals surface area contributed by atoms with Crippen LogP contribution in [0.5, 0.6) is 0 Å². The molecule has 6 rings (SSSR count). The molecule has 2 aliphatic heterocycles. The molecule has 3 aromatic carbocycles. The first-order chi connectivity index (χ1) is 17.5. The number of amides is 2. The van der Waals surface area contributed by atoms with E-state index >= 15 is 0 Å². The molecule has 0 saturated carbocycles. The van der Waals surface area contributed by atoms with Crippen LogP contribution in [0.15, 0.2) is 79.0 Å². The zero-order valence-electron chi connectivity index (χ0n) is 20.0. The first-order valence-electron chi connectivity index (χ1n) is 12.0. The van der Waals surface area contributed by atoms with Crippen molar-refractivity contribution in [2.75, 3.05) is 43.4 Å². The van der Waals surface area contributed by atoms with Gasteiger partial charge in [0.2, 0.25) is 0 Å². The molecule has 0 spiro atoms. The van der Waals surface area contributed by atoms with Crippen LogP contribution >= 0.6 is 11.3 Å². The Balaban J connectivity index is 1.28. The van der Waals surface area contributed by atoms with Crippen LogP contribution in [-0.2, 0) is 4.79 Å². The fraction of sp³-hybridized carbons (Fsp3) is 0.172. The number of nitrogens with zero attached hydrogens (tertiary/aromatic N) is 2. The number of hydrogen-bond acceptors (Lipinski definition) is 6. The molecular formula is C29H26N4O2S. The van der Waals surface area contributed by atoms with Crippen molar-refractivity contribution < 1.29 is 9.59 Å². The summed E-state index contributed by atoms with van der Waals surface area (Å²) < 4.78 is 1.21. The van der Waals surface area contributed by atoms with Crippen LogP contribution in [0.25, 0.3) is 26.1 Å². The Morgan fingerprint density at radius 2 is 1.64 bits per heavy atom. The monoisotopic (exact) mass is 494 g/mol. The molecule has 0 radical (unpaired) electrons. The molecule has 0 bridgehead atoms. The van der Waals surface area contributed by atoms with Gasteiger partial charge in [0.15, 0.2) is 0 Å². The molecule has 2 aliphatic rings. The lowest BCUT2D eigenvalue weighted by Gasteiger charge is -2.34. The van der Waals surface area contributed by atoms with Gasteiger partial charge >= 0.3 is 0 Å². The third kappa shape index (κ3) is 4.27. The van der Waals surface area contributed by atoms with E-state index in [-0.39, 0.29) is 5.91 Å². The maximum atomic E-state index is 12.8. The predicted molar refractivity (Wildman–Crippen MR) is 147 cm³/mol. The largest absolute Gasteiger partial charge is 0.369 e. The van der Waals surface area contributed by atoms with Crippen molar-refractivity contribution in [1.82, 2.24) is 10.2 Å². The highest BCUT2D eigenvalue weighted by Crippen LogP contribution is 2.36. The number of rotatable bonds is 4. The quantitative estimate of drug-likeness (QED) is 0.307. The lowest BCUT2D eigenvalue weighted by Crippen LogP contribution is -2.44. The first-order valence-corrected chi connectivity index (χ1v) is 12.9. The van der Waals surface area contributed by atoms with Gasteiger partial charge in [0.25, 0.3) is 11.8 Å². The average Bonchev–Trinajstić information content (AvgIpc) is 3.34. The van der Waals surface area contributed by atoms with Crippen LogP contribution < -0.4 is 15.5 Å². The second-order valence-electron chi connectivity index (χ2n) is 9.23. The standard InChI is InChI=1S/C29H26N4O2S/c1-32-12-14-33(15-13-32)22-9-7-21(8-10-22)30-18-25-24-16-20(6-11-23(24)28(34)31-29(25)35)27-17-19-4-2-3-5-26(19)36-27/h2-11,16-18,30H,12-15H2,1H3,(H,31,34,35)/b25-18-. The number of fused-ring (bicyclic) bond motifs is 2. The van der Waals surface area contributed by atoms with Crippen LogP contribution in [0.1, 0.15) is 15.9 Å². The molecule has 3 heterocycles. The Labute approximate surface area is 213 Å². The van der Waals surface area contributed by atoms with E-state index in [9.17, 15) is 9.59 Å². The van der Waals surface area contributed by atoms with E-state index in [0.717, 1.165) is 42.3 Å². The number of nitrogens with one attached hydrogen (secondary N) is 2. The molecule has 1 saturated heterocycles. The molecule has 2 N–H and O–H groups in total. The summed E-state index contributed by atoms with van der Waals surface area (Å²) in [6, 6.07) is 24.3. The molecule has 1 fully saturated rings. The Morgan fingerprint density at radius 1 is 0.861 bits per heavy atom. The van der Waals surface area contributed by atoms with Gasteiger partial charge in [-0.15, -0.1) is 11.3 Å². The Bertz CT molecular complexity index is 1460. The van der Waals surface area contributed by atoms with Gasteiger partial charge in [-0.05, 0) is 66.5 Å². The number of likely N-dealkylation sites (N-methyl/N-ethyl adjacent to an activating group) is 1. The van der Waals surface area contributed by atoms with Crippen LogP contribution in [0.2, 0.25) is 0 Å². The van der Waals surface area contributed by atoms with Crippen LogP contribution in [-0.4, -0.2) is 49.9 Å². The van der Waals surface area contributed by atoms with Crippen molar-refractivity contribution in [3.8, 4) is 10.4 Å². The summed E-state index contributed by atoms with van der Waals surface area (Å²) in [5.41, 5.74) is 4.64. The van der Waals surface area contributed by atoms with E-state index in [4.69, 9.17) is 0 Å². The zero-order chi connectivity index (χ0) is 24.6. The van der Waals surface area contributed by atoms with Crippen LogP contribution in [0.3, 0.4) is 0 Å². The van der Waals surface area contributed by atoms with Gasteiger partial charge in [-0.3, -0.25) is 14.9 Å². The zero-order valence-corrected chi connectivity index (χ0v) is 20.8. The van der Waals surface area contributed by atoms with Crippen LogP contribution in [0.4, 0.5) is 11.4 Å². The molecule has 0 unspecified atom stereocenters. The number of imide groups is 1. The van der Waals surface area contributed by atoms with Gasteiger partial charge in [-0.25, -0.2) is 0 Å². The van der Waals surface area contributed by atoms with Crippen molar-refractivity contribution >= 4 is 50.2 Å². The lowest BCUT2D eigenvalue weighted by molar-refractivity contribution is -0.114. The van der Waals surface area contributed by atoms with Crippen molar-refractivity contribution in [1.29, 1.82) is 0 Å². The normalized spacial score (nSPS) is 17.4. The molecule has 7 heteroatoms.